The first-order chi connectivity index (χ1) is 16.2. The summed E-state index contributed by atoms with van der Waals surface area (Å²) in [4.78, 5) is 27.4. The molecule has 2 spiro atoms. The van der Waals surface area contributed by atoms with E-state index in [0.29, 0.717) is 17.8 Å². The first kappa shape index (κ1) is 21.3. The normalized spacial score (nSPS) is 45.2. The molecule has 7 aliphatic rings. The Balaban J connectivity index is 1.01. The number of benzene rings is 1. The van der Waals surface area contributed by atoms with Gasteiger partial charge >= 0.3 is 0 Å². The molecule has 5 saturated carbocycles. The van der Waals surface area contributed by atoms with Crippen LogP contribution in [0.25, 0.3) is 0 Å². The number of nitrogens with zero attached hydrogens (tertiary/aromatic N) is 1. The SMILES string of the molecule is c1cc([C@@H]2CCCC3(C2)OOC2(OO3)C3CC4CC(C3)CC2C4)ccc1CN1CCOCC1. The smallest absolute Gasteiger partial charge is 0.239 e. The van der Waals surface area contributed by atoms with Crippen LogP contribution in [0, 0.1) is 23.7 Å². The van der Waals surface area contributed by atoms with Crippen LogP contribution < -0.4 is 0 Å². The van der Waals surface area contributed by atoms with Crippen molar-refractivity contribution in [3.8, 4) is 0 Å². The third-order valence-electron chi connectivity index (χ3n) is 9.55. The fourth-order valence-electron chi connectivity index (χ4n) is 7.97. The number of morpholine rings is 1. The minimum atomic E-state index is -0.769. The van der Waals surface area contributed by atoms with Crippen molar-refractivity contribution in [3.05, 3.63) is 35.4 Å². The maximum absolute atomic E-state index is 6.26. The third kappa shape index (κ3) is 3.78. The topological polar surface area (TPSA) is 49.4 Å². The first-order valence-corrected chi connectivity index (χ1v) is 13.3. The molecule has 1 aromatic rings. The summed E-state index contributed by atoms with van der Waals surface area (Å²) in [5, 5.41) is 0. The Morgan fingerprint density at radius 1 is 0.818 bits per heavy atom. The van der Waals surface area contributed by atoms with Crippen LogP contribution in [-0.4, -0.2) is 42.8 Å². The van der Waals surface area contributed by atoms with E-state index in [1.165, 1.54) is 43.2 Å². The first-order valence-electron chi connectivity index (χ1n) is 13.3. The standard InChI is InChI=1S/C27H37NO5/c1-2-23(22-5-3-19(4-6-22)18-28-8-10-29-11-9-28)17-26(7-1)30-32-27(33-31-26)24-13-20-12-21(15-24)16-25(27)14-20/h3-6,20-21,23-25H,1-2,7-18H2/t20?,21?,23-,24?,25?,26?,27?/m1/s1. The van der Waals surface area contributed by atoms with Crippen molar-refractivity contribution in [1.29, 1.82) is 0 Å². The van der Waals surface area contributed by atoms with E-state index in [0.717, 1.165) is 70.4 Å². The molecule has 2 saturated heterocycles. The Hall–Kier alpha value is -1.02. The molecule has 2 heterocycles. The van der Waals surface area contributed by atoms with Crippen molar-refractivity contribution >= 4 is 0 Å². The fourth-order valence-corrected chi connectivity index (χ4v) is 7.97. The van der Waals surface area contributed by atoms with Crippen LogP contribution in [0.2, 0.25) is 0 Å². The maximum Gasteiger partial charge on any atom is 0.239 e. The van der Waals surface area contributed by atoms with E-state index >= 15 is 0 Å². The lowest BCUT2D eigenvalue weighted by Gasteiger charge is -2.60. The minimum Gasteiger partial charge on any atom is -0.379 e. The molecule has 180 valence electrons. The largest absolute Gasteiger partial charge is 0.379 e. The fraction of sp³-hybridized carbons (Fsp3) is 0.778. The van der Waals surface area contributed by atoms with Gasteiger partial charge in [0.2, 0.25) is 11.6 Å². The van der Waals surface area contributed by atoms with Gasteiger partial charge in [0.05, 0.1) is 13.2 Å². The lowest BCUT2D eigenvalue weighted by Crippen LogP contribution is -2.64. The number of rotatable bonds is 3. The highest BCUT2D eigenvalue weighted by atomic mass is 17.4. The lowest BCUT2D eigenvalue weighted by molar-refractivity contribution is -0.680. The summed E-state index contributed by atoms with van der Waals surface area (Å²) in [6, 6.07) is 9.16. The Morgan fingerprint density at radius 2 is 1.48 bits per heavy atom. The van der Waals surface area contributed by atoms with Gasteiger partial charge in [-0.1, -0.05) is 24.3 Å². The average Bonchev–Trinajstić information content (AvgIpc) is 2.85. The second-order valence-electron chi connectivity index (χ2n) is 11.7. The molecule has 1 atom stereocenters. The van der Waals surface area contributed by atoms with E-state index in [1.54, 1.807) is 0 Å². The predicted molar refractivity (Wildman–Crippen MR) is 121 cm³/mol. The zero-order chi connectivity index (χ0) is 21.9. The van der Waals surface area contributed by atoms with Crippen molar-refractivity contribution in [2.75, 3.05) is 26.3 Å². The van der Waals surface area contributed by atoms with Gasteiger partial charge in [0.25, 0.3) is 0 Å². The van der Waals surface area contributed by atoms with Crippen molar-refractivity contribution in [2.45, 2.75) is 81.8 Å². The molecule has 0 aromatic heterocycles. The van der Waals surface area contributed by atoms with Gasteiger partial charge in [0.1, 0.15) is 0 Å². The zero-order valence-corrected chi connectivity index (χ0v) is 19.6. The van der Waals surface area contributed by atoms with E-state index in [2.05, 4.69) is 29.2 Å². The Labute approximate surface area is 196 Å². The highest BCUT2D eigenvalue weighted by Gasteiger charge is 2.64. The van der Waals surface area contributed by atoms with E-state index in [9.17, 15) is 0 Å². The third-order valence-corrected chi connectivity index (χ3v) is 9.55. The van der Waals surface area contributed by atoms with Crippen LogP contribution in [0.15, 0.2) is 24.3 Å². The summed E-state index contributed by atoms with van der Waals surface area (Å²) in [5.41, 5.74) is 2.73. The van der Waals surface area contributed by atoms with Crippen LogP contribution in [0.5, 0.6) is 0 Å². The molecule has 8 rings (SSSR count). The van der Waals surface area contributed by atoms with Crippen molar-refractivity contribution in [1.82, 2.24) is 4.90 Å². The summed E-state index contributed by atoms with van der Waals surface area (Å²) in [5.74, 6) is 1.52. The summed E-state index contributed by atoms with van der Waals surface area (Å²) in [6.07, 6.45) is 10.0. The van der Waals surface area contributed by atoms with Crippen molar-refractivity contribution < 1.29 is 24.3 Å². The molecule has 0 amide bonds. The second kappa shape index (κ2) is 8.28. The molecule has 0 N–H and O–H groups in total. The van der Waals surface area contributed by atoms with Gasteiger partial charge in [0.15, 0.2) is 0 Å². The summed E-state index contributed by atoms with van der Waals surface area (Å²) in [7, 11) is 0. The molecule has 33 heavy (non-hydrogen) atoms. The highest BCUT2D eigenvalue weighted by Crippen LogP contribution is 2.62. The van der Waals surface area contributed by atoms with Gasteiger partial charge in [-0.15, -0.1) is 0 Å². The van der Waals surface area contributed by atoms with E-state index < -0.39 is 11.6 Å². The number of ether oxygens (including phenoxy) is 1. The van der Waals surface area contributed by atoms with Crippen molar-refractivity contribution in [2.24, 2.45) is 23.7 Å². The van der Waals surface area contributed by atoms with Gasteiger partial charge in [-0.25, -0.2) is 0 Å². The van der Waals surface area contributed by atoms with Crippen LogP contribution in [0.3, 0.4) is 0 Å². The summed E-state index contributed by atoms with van der Waals surface area (Å²) in [6.45, 7) is 4.73. The van der Waals surface area contributed by atoms with Gasteiger partial charge in [-0.2, -0.15) is 19.6 Å². The molecule has 6 nitrogen and oxygen atoms in total. The van der Waals surface area contributed by atoms with Gasteiger partial charge in [-0.05, 0) is 73.8 Å². The summed E-state index contributed by atoms with van der Waals surface area (Å²) < 4.78 is 5.47. The molecule has 0 unspecified atom stereocenters. The molecule has 7 fully saturated rings. The predicted octanol–water partition coefficient (Wildman–Crippen LogP) is 4.94. The quantitative estimate of drug-likeness (QED) is 0.602. The summed E-state index contributed by atoms with van der Waals surface area (Å²) >= 11 is 0. The highest BCUT2D eigenvalue weighted by molar-refractivity contribution is 5.26. The van der Waals surface area contributed by atoms with Crippen LogP contribution in [0.1, 0.15) is 74.8 Å². The van der Waals surface area contributed by atoms with E-state index in [1.807, 2.05) is 0 Å². The molecule has 6 heteroatoms. The van der Waals surface area contributed by atoms with Crippen LogP contribution in [0.4, 0.5) is 0 Å². The monoisotopic (exact) mass is 455 g/mol. The molecular formula is C27H37NO5. The zero-order valence-electron chi connectivity index (χ0n) is 19.6. The van der Waals surface area contributed by atoms with E-state index in [4.69, 9.17) is 24.3 Å². The van der Waals surface area contributed by atoms with Gasteiger partial charge in [-0.3, -0.25) is 4.90 Å². The van der Waals surface area contributed by atoms with E-state index in [-0.39, 0.29) is 0 Å². The molecular weight excluding hydrogens is 418 g/mol. The number of hydrogen-bond acceptors (Lipinski definition) is 6. The second-order valence-corrected chi connectivity index (χ2v) is 11.7. The molecule has 1 aromatic carbocycles. The molecule has 0 radical (unpaired) electrons. The molecule has 5 aliphatic carbocycles. The van der Waals surface area contributed by atoms with Crippen molar-refractivity contribution in [3.63, 3.8) is 0 Å². The molecule has 2 aliphatic heterocycles. The Bertz CT molecular complexity index is 813. The molecule has 4 bridgehead atoms. The minimum absolute atomic E-state index is 0.399. The Kier molecular flexibility index (Phi) is 5.34. The average molecular weight is 456 g/mol. The van der Waals surface area contributed by atoms with Gasteiger partial charge < -0.3 is 4.74 Å². The van der Waals surface area contributed by atoms with Crippen LogP contribution in [-0.2, 0) is 30.8 Å². The maximum atomic E-state index is 6.26. The van der Waals surface area contributed by atoms with Gasteiger partial charge in [0, 0.05) is 44.3 Å². The Morgan fingerprint density at radius 3 is 2.15 bits per heavy atom. The lowest BCUT2D eigenvalue weighted by atomic mass is 9.53. The van der Waals surface area contributed by atoms with Crippen LogP contribution >= 0.6 is 0 Å². The number of hydrogen-bond donors (Lipinski definition) is 0.